The van der Waals surface area contributed by atoms with E-state index in [0.717, 1.165) is 18.4 Å². The van der Waals surface area contributed by atoms with Crippen molar-refractivity contribution in [2.75, 3.05) is 18.4 Å². The van der Waals surface area contributed by atoms with Gasteiger partial charge in [0.1, 0.15) is 16.8 Å². The molecular weight excluding hydrogens is 455 g/mol. The second-order valence-electron chi connectivity index (χ2n) is 7.81. The zero-order chi connectivity index (χ0) is 22.8. The molecule has 0 aliphatic carbocycles. The normalized spacial score (nSPS) is 14.5. The Morgan fingerprint density at radius 3 is 2.47 bits per heavy atom. The Morgan fingerprint density at radius 2 is 1.78 bits per heavy atom. The van der Waals surface area contributed by atoms with Crippen molar-refractivity contribution in [2.24, 2.45) is 0 Å². The Bertz CT molecular complexity index is 1150. The predicted molar refractivity (Wildman–Crippen MR) is 123 cm³/mol. The van der Waals surface area contributed by atoms with Crippen LogP contribution in [0, 0.1) is 18.6 Å². The molecule has 32 heavy (non-hydrogen) atoms. The van der Waals surface area contributed by atoms with Gasteiger partial charge in [0.2, 0.25) is 0 Å². The van der Waals surface area contributed by atoms with Crippen molar-refractivity contribution in [1.29, 1.82) is 0 Å². The molecule has 4 rings (SSSR count). The molecule has 1 N–H and O–H groups in total. The highest BCUT2D eigenvalue weighted by Crippen LogP contribution is 2.35. The number of halogens is 4. The lowest BCUT2D eigenvalue weighted by molar-refractivity contribution is 0.0713. The fraction of sp³-hybridized carbons (Fsp3) is 0.250. The quantitative estimate of drug-likeness (QED) is 0.425. The first kappa shape index (κ1) is 22.5. The lowest BCUT2D eigenvalue weighted by atomic mass is 9.89. The van der Waals surface area contributed by atoms with Gasteiger partial charge in [0, 0.05) is 24.8 Å². The minimum atomic E-state index is -0.565. The number of anilines is 2. The number of piperidine rings is 1. The summed E-state index contributed by atoms with van der Waals surface area (Å²) in [6, 6.07) is 10.9. The molecule has 166 valence electrons. The fourth-order valence-corrected chi connectivity index (χ4v) is 4.28. The zero-order valence-electron chi connectivity index (χ0n) is 17.3. The maximum atomic E-state index is 13.9. The number of amides is 1. The van der Waals surface area contributed by atoms with Crippen LogP contribution in [0.4, 0.5) is 20.2 Å². The summed E-state index contributed by atoms with van der Waals surface area (Å²) in [5.41, 5.74) is 2.77. The monoisotopic (exact) mass is 475 g/mol. The van der Waals surface area contributed by atoms with Crippen LogP contribution in [0.1, 0.15) is 40.2 Å². The summed E-state index contributed by atoms with van der Waals surface area (Å²) in [7, 11) is 0. The van der Waals surface area contributed by atoms with Crippen molar-refractivity contribution >= 4 is 40.5 Å². The third-order valence-electron chi connectivity index (χ3n) is 5.83. The molecule has 0 radical (unpaired) electrons. The summed E-state index contributed by atoms with van der Waals surface area (Å²) in [6.07, 6.45) is 2.98. The standard InChI is InChI=1S/C24H21Cl2F2N3O/c1-14-22(30-20-4-2-3-19(28)21(20)25)18(13-29-23(14)26)24(32)31-11-9-16(10-12-31)15-5-7-17(27)8-6-15/h2-8,13,16H,9-12H2,1H3,(H,29,30). The van der Waals surface area contributed by atoms with Gasteiger partial charge in [-0.1, -0.05) is 41.4 Å². The van der Waals surface area contributed by atoms with Crippen molar-refractivity contribution < 1.29 is 13.6 Å². The maximum absolute atomic E-state index is 13.9. The van der Waals surface area contributed by atoms with E-state index >= 15 is 0 Å². The summed E-state index contributed by atoms with van der Waals surface area (Å²) >= 11 is 12.3. The van der Waals surface area contributed by atoms with E-state index in [0.29, 0.717) is 35.6 Å². The molecule has 0 bridgehead atoms. The highest BCUT2D eigenvalue weighted by atomic mass is 35.5. The van der Waals surface area contributed by atoms with E-state index in [1.54, 1.807) is 30.0 Å². The van der Waals surface area contributed by atoms with Crippen molar-refractivity contribution in [1.82, 2.24) is 9.88 Å². The SMILES string of the molecule is Cc1c(Cl)ncc(C(=O)N2CCC(c3ccc(F)cc3)CC2)c1Nc1cccc(F)c1Cl. The molecule has 1 amide bonds. The molecule has 0 unspecified atom stereocenters. The number of carbonyl (C=O) groups excluding carboxylic acids is 1. The Labute approximate surface area is 195 Å². The van der Waals surface area contributed by atoms with Crippen LogP contribution < -0.4 is 5.32 Å². The molecule has 0 atom stereocenters. The highest BCUT2D eigenvalue weighted by molar-refractivity contribution is 6.33. The first-order valence-electron chi connectivity index (χ1n) is 10.3. The molecule has 1 aromatic heterocycles. The van der Waals surface area contributed by atoms with Crippen LogP contribution in [0.2, 0.25) is 10.2 Å². The van der Waals surface area contributed by atoms with E-state index in [1.807, 2.05) is 0 Å². The van der Waals surface area contributed by atoms with E-state index in [4.69, 9.17) is 23.2 Å². The van der Waals surface area contributed by atoms with Gasteiger partial charge in [-0.15, -0.1) is 0 Å². The van der Waals surface area contributed by atoms with Gasteiger partial charge in [0.05, 0.1) is 22.0 Å². The number of aromatic nitrogens is 1. The lowest BCUT2D eigenvalue weighted by Gasteiger charge is -2.33. The smallest absolute Gasteiger partial charge is 0.257 e. The number of benzene rings is 2. The number of carbonyl (C=O) groups is 1. The minimum absolute atomic E-state index is 0.0710. The third-order valence-corrected chi connectivity index (χ3v) is 6.59. The Hall–Kier alpha value is -2.70. The van der Waals surface area contributed by atoms with E-state index in [2.05, 4.69) is 10.3 Å². The van der Waals surface area contributed by atoms with Crippen LogP contribution in [0.15, 0.2) is 48.7 Å². The molecule has 0 spiro atoms. The molecule has 2 heterocycles. The van der Waals surface area contributed by atoms with Gasteiger partial charge in [-0.2, -0.15) is 0 Å². The number of pyridine rings is 1. The first-order chi connectivity index (χ1) is 15.3. The number of likely N-dealkylation sites (tertiary alicyclic amines) is 1. The summed E-state index contributed by atoms with van der Waals surface area (Å²) in [6.45, 7) is 2.86. The summed E-state index contributed by atoms with van der Waals surface area (Å²) in [5, 5.41) is 3.24. The first-order valence-corrected chi connectivity index (χ1v) is 11.0. The molecular formula is C24H21Cl2F2N3O. The van der Waals surface area contributed by atoms with Gasteiger partial charge < -0.3 is 10.2 Å². The van der Waals surface area contributed by atoms with Crippen LogP contribution in [-0.4, -0.2) is 28.9 Å². The number of nitrogens with one attached hydrogen (secondary N) is 1. The molecule has 3 aromatic rings. The number of hydrogen-bond acceptors (Lipinski definition) is 3. The Balaban J connectivity index is 1.56. The Morgan fingerprint density at radius 1 is 1.09 bits per heavy atom. The lowest BCUT2D eigenvalue weighted by Crippen LogP contribution is -2.38. The second kappa shape index (κ2) is 9.43. The van der Waals surface area contributed by atoms with Gasteiger partial charge >= 0.3 is 0 Å². The molecule has 2 aromatic carbocycles. The van der Waals surface area contributed by atoms with Crippen molar-refractivity contribution in [3.63, 3.8) is 0 Å². The molecule has 4 nitrogen and oxygen atoms in total. The van der Waals surface area contributed by atoms with Gasteiger partial charge in [-0.05, 0) is 55.5 Å². The topological polar surface area (TPSA) is 45.2 Å². The van der Waals surface area contributed by atoms with E-state index in [-0.39, 0.29) is 27.8 Å². The molecule has 1 fully saturated rings. The van der Waals surface area contributed by atoms with Crippen molar-refractivity contribution in [2.45, 2.75) is 25.7 Å². The number of rotatable bonds is 4. The average molecular weight is 476 g/mol. The summed E-state index contributed by atoms with van der Waals surface area (Å²) in [5.74, 6) is -0.742. The van der Waals surface area contributed by atoms with E-state index in [9.17, 15) is 13.6 Å². The van der Waals surface area contributed by atoms with Crippen LogP contribution in [0.3, 0.4) is 0 Å². The average Bonchev–Trinajstić information content (AvgIpc) is 2.80. The fourth-order valence-electron chi connectivity index (χ4n) is 3.97. The number of nitrogens with zero attached hydrogens (tertiary/aromatic N) is 2. The van der Waals surface area contributed by atoms with Crippen LogP contribution in [0.5, 0.6) is 0 Å². The molecule has 1 aliphatic rings. The third kappa shape index (κ3) is 4.57. The molecule has 0 saturated carbocycles. The predicted octanol–water partition coefficient (Wildman–Crippen LogP) is 6.74. The van der Waals surface area contributed by atoms with Gasteiger partial charge in [-0.25, -0.2) is 13.8 Å². The number of hydrogen-bond donors (Lipinski definition) is 1. The molecule has 1 saturated heterocycles. The van der Waals surface area contributed by atoms with Crippen LogP contribution in [-0.2, 0) is 0 Å². The van der Waals surface area contributed by atoms with Crippen LogP contribution in [0.25, 0.3) is 0 Å². The highest BCUT2D eigenvalue weighted by Gasteiger charge is 2.27. The van der Waals surface area contributed by atoms with Gasteiger partial charge in [0.15, 0.2) is 0 Å². The van der Waals surface area contributed by atoms with Crippen molar-refractivity contribution in [3.8, 4) is 0 Å². The van der Waals surface area contributed by atoms with Crippen molar-refractivity contribution in [3.05, 3.63) is 87.2 Å². The maximum Gasteiger partial charge on any atom is 0.257 e. The second-order valence-corrected chi connectivity index (χ2v) is 8.54. The minimum Gasteiger partial charge on any atom is -0.353 e. The Kier molecular flexibility index (Phi) is 6.63. The van der Waals surface area contributed by atoms with E-state index < -0.39 is 5.82 Å². The summed E-state index contributed by atoms with van der Waals surface area (Å²) in [4.78, 5) is 19.3. The molecule has 1 aliphatic heterocycles. The zero-order valence-corrected chi connectivity index (χ0v) is 18.9. The largest absolute Gasteiger partial charge is 0.353 e. The van der Waals surface area contributed by atoms with Gasteiger partial charge in [-0.3, -0.25) is 4.79 Å². The molecule has 8 heteroatoms. The summed E-state index contributed by atoms with van der Waals surface area (Å²) < 4.78 is 27.1. The van der Waals surface area contributed by atoms with Crippen LogP contribution >= 0.6 is 23.2 Å². The van der Waals surface area contributed by atoms with E-state index in [1.165, 1.54) is 30.5 Å². The van der Waals surface area contributed by atoms with Gasteiger partial charge in [0.25, 0.3) is 5.91 Å².